The van der Waals surface area contributed by atoms with Crippen LogP contribution in [0.3, 0.4) is 0 Å². The minimum Gasteiger partial charge on any atom is -0.481 e. The molecular formula is C17H21N3O3S. The summed E-state index contributed by atoms with van der Waals surface area (Å²) in [7, 11) is 0. The number of aliphatic carboxylic acids is 1. The maximum absolute atomic E-state index is 12.2. The normalized spacial score (nSPS) is 20.7. The van der Waals surface area contributed by atoms with Crippen molar-refractivity contribution in [3.63, 3.8) is 0 Å². The molecule has 3 heterocycles. The van der Waals surface area contributed by atoms with Gasteiger partial charge in [-0.1, -0.05) is 6.07 Å². The van der Waals surface area contributed by atoms with Crippen molar-refractivity contribution in [2.75, 3.05) is 18.8 Å². The van der Waals surface area contributed by atoms with Crippen molar-refractivity contribution in [3.05, 3.63) is 35.8 Å². The number of carboxylic acid groups (broad SMARTS) is 1. The molecule has 7 heteroatoms. The number of aromatic nitrogens is 2. The topological polar surface area (TPSA) is 74.9 Å². The quantitative estimate of drug-likeness (QED) is 0.897. The second-order valence-corrected chi connectivity index (χ2v) is 7.61. The van der Waals surface area contributed by atoms with E-state index >= 15 is 0 Å². The maximum atomic E-state index is 12.2. The summed E-state index contributed by atoms with van der Waals surface area (Å²) < 4.78 is 1.99. The number of likely N-dealkylation sites (tertiary alicyclic amines) is 1. The molecule has 24 heavy (non-hydrogen) atoms. The van der Waals surface area contributed by atoms with Gasteiger partial charge in [0, 0.05) is 31.2 Å². The number of fused-ring (bicyclic) bond motifs is 1. The Morgan fingerprint density at radius 1 is 1.38 bits per heavy atom. The molecule has 1 N–H and O–H groups in total. The number of hydrogen-bond acceptors (Lipinski definition) is 4. The van der Waals surface area contributed by atoms with Gasteiger partial charge in [-0.25, -0.2) is 4.98 Å². The van der Waals surface area contributed by atoms with E-state index in [2.05, 4.69) is 4.98 Å². The highest BCUT2D eigenvalue weighted by atomic mass is 32.2. The second kappa shape index (κ2) is 6.47. The van der Waals surface area contributed by atoms with Gasteiger partial charge in [0.25, 0.3) is 0 Å². The number of carbonyl (C=O) groups is 2. The molecule has 1 saturated heterocycles. The van der Waals surface area contributed by atoms with Crippen LogP contribution < -0.4 is 0 Å². The van der Waals surface area contributed by atoms with Crippen molar-refractivity contribution < 1.29 is 14.7 Å². The molecule has 0 aliphatic carbocycles. The summed E-state index contributed by atoms with van der Waals surface area (Å²) in [4.78, 5) is 29.7. The Labute approximate surface area is 144 Å². The van der Waals surface area contributed by atoms with Crippen LogP contribution in [0.25, 0.3) is 5.65 Å². The minimum atomic E-state index is -0.828. The summed E-state index contributed by atoms with van der Waals surface area (Å²) in [6.07, 6.45) is 4.53. The number of thioether (sulfide) groups is 1. The second-order valence-electron chi connectivity index (χ2n) is 6.63. The van der Waals surface area contributed by atoms with Gasteiger partial charge in [0.2, 0.25) is 5.91 Å². The molecule has 2 aromatic heterocycles. The Kier molecular flexibility index (Phi) is 4.54. The minimum absolute atomic E-state index is 0.00424. The first kappa shape index (κ1) is 16.8. The zero-order chi connectivity index (χ0) is 17.3. The lowest BCUT2D eigenvalue weighted by Gasteiger charge is -2.20. The van der Waals surface area contributed by atoms with Gasteiger partial charge in [-0.15, -0.1) is 11.8 Å². The molecule has 3 rings (SSSR count). The molecule has 1 amide bonds. The van der Waals surface area contributed by atoms with E-state index in [0.717, 1.165) is 11.3 Å². The number of hydrogen-bond donors (Lipinski definition) is 1. The van der Waals surface area contributed by atoms with Gasteiger partial charge in [-0.2, -0.15) is 0 Å². The Balaban J connectivity index is 1.52. The number of carbonyl (C=O) groups excluding carboxylic acids is 1. The third kappa shape index (κ3) is 3.40. The van der Waals surface area contributed by atoms with E-state index in [1.807, 2.05) is 35.9 Å². The highest BCUT2D eigenvalue weighted by molar-refractivity contribution is 7.99. The van der Waals surface area contributed by atoms with Crippen LogP contribution in [0.5, 0.6) is 0 Å². The van der Waals surface area contributed by atoms with E-state index in [1.54, 1.807) is 11.8 Å². The third-order valence-corrected chi connectivity index (χ3v) is 5.42. The molecule has 2 aromatic rings. The molecule has 0 bridgehead atoms. The lowest BCUT2D eigenvalue weighted by molar-refractivity contribution is -0.147. The van der Waals surface area contributed by atoms with Crippen molar-refractivity contribution in [1.29, 1.82) is 0 Å². The largest absolute Gasteiger partial charge is 0.481 e. The van der Waals surface area contributed by atoms with Crippen molar-refractivity contribution in [3.8, 4) is 0 Å². The van der Waals surface area contributed by atoms with Crippen LogP contribution in [0, 0.1) is 12.3 Å². The molecule has 0 saturated carbocycles. The summed E-state index contributed by atoms with van der Waals surface area (Å²) in [5, 5.41) is 9.23. The van der Waals surface area contributed by atoms with Crippen LogP contribution in [0.4, 0.5) is 0 Å². The smallest absolute Gasteiger partial charge is 0.311 e. The lowest BCUT2D eigenvalue weighted by Crippen LogP contribution is -2.35. The van der Waals surface area contributed by atoms with Gasteiger partial charge < -0.3 is 14.4 Å². The van der Waals surface area contributed by atoms with Crippen molar-refractivity contribution in [2.24, 2.45) is 5.41 Å². The van der Waals surface area contributed by atoms with Crippen LogP contribution in [0.15, 0.2) is 24.5 Å². The summed E-state index contributed by atoms with van der Waals surface area (Å²) in [6, 6.07) is 4.00. The highest BCUT2D eigenvalue weighted by Gasteiger charge is 2.41. The van der Waals surface area contributed by atoms with Gasteiger partial charge >= 0.3 is 5.97 Å². The first-order valence-electron chi connectivity index (χ1n) is 7.90. The molecular weight excluding hydrogens is 326 g/mol. The molecule has 128 valence electrons. The Morgan fingerprint density at radius 2 is 2.17 bits per heavy atom. The summed E-state index contributed by atoms with van der Waals surface area (Å²) in [5.41, 5.74) is 2.21. The third-order valence-electron chi connectivity index (χ3n) is 4.47. The zero-order valence-corrected chi connectivity index (χ0v) is 14.7. The maximum Gasteiger partial charge on any atom is 0.311 e. The molecule has 1 aliphatic heterocycles. The number of imidazole rings is 1. The van der Waals surface area contributed by atoms with E-state index in [9.17, 15) is 14.7 Å². The fourth-order valence-corrected chi connectivity index (χ4v) is 3.72. The van der Waals surface area contributed by atoms with Crippen LogP contribution >= 0.6 is 11.8 Å². The summed E-state index contributed by atoms with van der Waals surface area (Å²) in [6.45, 7) is 4.56. The Hall–Kier alpha value is -2.02. The monoisotopic (exact) mass is 347 g/mol. The molecule has 0 aromatic carbocycles. The van der Waals surface area contributed by atoms with Gasteiger partial charge in [-0.3, -0.25) is 9.59 Å². The number of amides is 1. The first-order valence-corrected chi connectivity index (χ1v) is 9.06. The fraction of sp³-hybridized carbons (Fsp3) is 0.471. The van der Waals surface area contributed by atoms with Crippen molar-refractivity contribution in [1.82, 2.24) is 14.3 Å². The molecule has 6 nitrogen and oxygen atoms in total. The van der Waals surface area contributed by atoms with Gasteiger partial charge in [-0.05, 0) is 31.9 Å². The van der Waals surface area contributed by atoms with Gasteiger partial charge in [0.15, 0.2) is 0 Å². The predicted octanol–water partition coefficient (Wildman–Crippen LogP) is 2.20. The van der Waals surface area contributed by atoms with Crippen molar-refractivity contribution >= 4 is 29.3 Å². The Bertz CT molecular complexity index is 788. The number of carboxylic acids is 1. The van der Waals surface area contributed by atoms with E-state index in [0.29, 0.717) is 31.0 Å². The average molecular weight is 347 g/mol. The van der Waals surface area contributed by atoms with E-state index in [-0.39, 0.29) is 5.91 Å². The average Bonchev–Trinajstić information content (AvgIpc) is 3.11. The van der Waals surface area contributed by atoms with Gasteiger partial charge in [0.1, 0.15) is 5.65 Å². The molecule has 0 spiro atoms. The van der Waals surface area contributed by atoms with Crippen molar-refractivity contribution in [2.45, 2.75) is 26.0 Å². The van der Waals surface area contributed by atoms with Gasteiger partial charge in [0.05, 0.1) is 16.9 Å². The first-order chi connectivity index (χ1) is 11.4. The van der Waals surface area contributed by atoms with E-state index in [4.69, 9.17) is 0 Å². The molecule has 1 unspecified atom stereocenters. The highest BCUT2D eigenvalue weighted by Crippen LogP contribution is 2.30. The molecule has 1 fully saturated rings. The van der Waals surface area contributed by atoms with Crippen LogP contribution in [0.2, 0.25) is 0 Å². The zero-order valence-electron chi connectivity index (χ0n) is 13.9. The molecule has 1 aliphatic rings. The summed E-state index contributed by atoms with van der Waals surface area (Å²) >= 11 is 1.51. The van der Waals surface area contributed by atoms with Crippen LogP contribution in [0.1, 0.15) is 24.6 Å². The van der Waals surface area contributed by atoms with E-state index < -0.39 is 11.4 Å². The number of pyridine rings is 1. The fourth-order valence-electron chi connectivity index (χ4n) is 2.91. The predicted molar refractivity (Wildman–Crippen MR) is 93.0 cm³/mol. The molecule has 1 atom stereocenters. The lowest BCUT2D eigenvalue weighted by atomic mass is 9.90. The van der Waals surface area contributed by atoms with Crippen LogP contribution in [-0.2, 0) is 15.3 Å². The standard InChI is InChI=1S/C17H21N3O3S/c1-12-3-4-14-18-13(8-20(14)7-12)9-24-10-15(21)19-6-5-17(2,11-19)16(22)23/h3-4,7-8H,5-6,9-11H2,1-2H3,(H,22,23). The number of nitrogens with zero attached hydrogens (tertiary/aromatic N) is 3. The summed E-state index contributed by atoms with van der Waals surface area (Å²) in [5.74, 6) is 0.189. The number of aryl methyl sites for hydroxylation is 1. The Morgan fingerprint density at radius 3 is 2.88 bits per heavy atom. The SMILES string of the molecule is Cc1ccc2nc(CSCC(=O)N3CCC(C)(C(=O)O)C3)cn2c1. The van der Waals surface area contributed by atoms with E-state index in [1.165, 1.54) is 17.3 Å². The number of rotatable bonds is 5. The molecule has 0 radical (unpaired) electrons. The van der Waals surface area contributed by atoms with Crippen LogP contribution in [-0.4, -0.2) is 50.1 Å².